The van der Waals surface area contributed by atoms with E-state index in [-0.39, 0.29) is 12.4 Å². The molecule has 0 fully saturated rings. The van der Waals surface area contributed by atoms with Gasteiger partial charge in [0.2, 0.25) is 5.78 Å². The van der Waals surface area contributed by atoms with Crippen LogP contribution in [0.3, 0.4) is 0 Å². The minimum Gasteiger partial charge on any atom is -0.485 e. The highest BCUT2D eigenvalue weighted by Crippen LogP contribution is 2.25. The van der Waals surface area contributed by atoms with Crippen LogP contribution in [0.2, 0.25) is 0 Å². The quantitative estimate of drug-likeness (QED) is 0.762. The predicted molar refractivity (Wildman–Crippen MR) is 84.6 cm³/mol. The molecule has 0 aromatic heterocycles. The fraction of sp³-hybridized carbons (Fsp3) is 0.235. The van der Waals surface area contributed by atoms with Gasteiger partial charge in [0.05, 0.1) is 0 Å². The average molecular weight is 333 g/mol. The van der Waals surface area contributed by atoms with Crippen LogP contribution in [-0.4, -0.2) is 12.4 Å². The molecule has 0 saturated heterocycles. The molecular formula is C17H17BrO2. The Morgan fingerprint density at radius 2 is 1.70 bits per heavy atom. The van der Waals surface area contributed by atoms with Crippen LogP contribution in [0.5, 0.6) is 5.75 Å². The molecular weight excluding hydrogens is 316 g/mol. The van der Waals surface area contributed by atoms with Gasteiger partial charge in [-0.2, -0.15) is 0 Å². The number of carbonyl (C=O) groups excluding carboxylic acids is 1. The third-order valence-corrected chi connectivity index (χ3v) is 3.82. The van der Waals surface area contributed by atoms with E-state index in [0.29, 0.717) is 5.56 Å². The van der Waals surface area contributed by atoms with E-state index in [9.17, 15) is 4.79 Å². The summed E-state index contributed by atoms with van der Waals surface area (Å²) < 4.78 is 6.52. The first-order valence-electron chi connectivity index (χ1n) is 6.47. The molecule has 0 saturated carbocycles. The smallest absolute Gasteiger partial charge is 0.201 e. The maximum absolute atomic E-state index is 12.2. The molecule has 2 rings (SSSR count). The Labute approximate surface area is 127 Å². The Kier molecular flexibility index (Phi) is 4.61. The van der Waals surface area contributed by atoms with E-state index in [1.807, 2.05) is 32.0 Å². The van der Waals surface area contributed by atoms with E-state index in [1.54, 1.807) is 6.07 Å². The predicted octanol–water partition coefficient (Wildman–Crippen LogP) is 4.64. The molecule has 0 unspecified atom stereocenters. The van der Waals surface area contributed by atoms with Crippen molar-refractivity contribution >= 4 is 21.7 Å². The number of Topliss-reactive ketones (excluding diaryl/α,β-unsaturated/α-hetero) is 1. The highest BCUT2D eigenvalue weighted by atomic mass is 79.9. The summed E-state index contributed by atoms with van der Waals surface area (Å²) in [5, 5.41) is 0. The summed E-state index contributed by atoms with van der Waals surface area (Å²) >= 11 is 3.39. The normalized spacial score (nSPS) is 10.4. The summed E-state index contributed by atoms with van der Waals surface area (Å²) in [6, 6.07) is 11.5. The molecule has 0 spiro atoms. The van der Waals surface area contributed by atoms with Gasteiger partial charge < -0.3 is 4.74 Å². The second kappa shape index (κ2) is 6.23. The number of ether oxygens (including phenoxy) is 1. The zero-order chi connectivity index (χ0) is 14.7. The molecule has 20 heavy (non-hydrogen) atoms. The van der Waals surface area contributed by atoms with E-state index < -0.39 is 0 Å². The van der Waals surface area contributed by atoms with E-state index >= 15 is 0 Å². The van der Waals surface area contributed by atoms with Crippen molar-refractivity contribution in [3.63, 3.8) is 0 Å². The fourth-order valence-electron chi connectivity index (χ4n) is 2.30. The van der Waals surface area contributed by atoms with E-state index in [0.717, 1.165) is 21.3 Å². The summed E-state index contributed by atoms with van der Waals surface area (Å²) in [4.78, 5) is 12.2. The standard InChI is InChI=1S/C17H17BrO2/c1-11-8-12(2)17(13(3)9-11)20-10-16(19)14-6-4-5-7-15(14)18/h4-9H,10H2,1-3H3. The SMILES string of the molecule is Cc1cc(C)c(OCC(=O)c2ccccc2Br)c(C)c1. The summed E-state index contributed by atoms with van der Waals surface area (Å²) in [5.41, 5.74) is 3.96. The average Bonchev–Trinajstić information content (AvgIpc) is 2.37. The van der Waals surface area contributed by atoms with Gasteiger partial charge in [-0.15, -0.1) is 0 Å². The second-order valence-electron chi connectivity index (χ2n) is 4.92. The number of ketones is 1. The third kappa shape index (κ3) is 3.28. The van der Waals surface area contributed by atoms with E-state index in [1.165, 1.54) is 5.56 Å². The summed E-state index contributed by atoms with van der Waals surface area (Å²) in [7, 11) is 0. The van der Waals surface area contributed by atoms with Crippen LogP contribution in [0.4, 0.5) is 0 Å². The Morgan fingerprint density at radius 1 is 1.10 bits per heavy atom. The van der Waals surface area contributed by atoms with Crippen molar-refractivity contribution < 1.29 is 9.53 Å². The fourth-order valence-corrected chi connectivity index (χ4v) is 2.80. The van der Waals surface area contributed by atoms with Crippen molar-refractivity contribution in [1.29, 1.82) is 0 Å². The molecule has 0 bridgehead atoms. The van der Waals surface area contributed by atoms with Gasteiger partial charge in [-0.3, -0.25) is 4.79 Å². The zero-order valence-electron chi connectivity index (χ0n) is 11.9. The molecule has 2 nitrogen and oxygen atoms in total. The molecule has 0 aliphatic rings. The lowest BCUT2D eigenvalue weighted by Crippen LogP contribution is -2.13. The number of hydrogen-bond acceptors (Lipinski definition) is 2. The van der Waals surface area contributed by atoms with Crippen LogP contribution in [0.25, 0.3) is 0 Å². The number of hydrogen-bond donors (Lipinski definition) is 0. The molecule has 2 aromatic carbocycles. The molecule has 3 heteroatoms. The van der Waals surface area contributed by atoms with Crippen LogP contribution < -0.4 is 4.74 Å². The van der Waals surface area contributed by atoms with Crippen molar-refractivity contribution in [2.75, 3.05) is 6.61 Å². The number of carbonyl (C=O) groups is 1. The highest BCUT2D eigenvalue weighted by Gasteiger charge is 2.12. The van der Waals surface area contributed by atoms with Gasteiger partial charge in [0.15, 0.2) is 6.61 Å². The van der Waals surface area contributed by atoms with Crippen molar-refractivity contribution in [3.05, 3.63) is 63.1 Å². The molecule has 0 aliphatic carbocycles. The maximum Gasteiger partial charge on any atom is 0.201 e. The topological polar surface area (TPSA) is 26.3 Å². The Hall–Kier alpha value is -1.61. The Morgan fingerprint density at radius 3 is 2.30 bits per heavy atom. The zero-order valence-corrected chi connectivity index (χ0v) is 13.5. The second-order valence-corrected chi connectivity index (χ2v) is 5.77. The lowest BCUT2D eigenvalue weighted by Gasteiger charge is -2.13. The first kappa shape index (κ1) is 14.8. The number of aryl methyl sites for hydroxylation is 3. The molecule has 0 N–H and O–H groups in total. The first-order chi connectivity index (χ1) is 9.49. The molecule has 0 aliphatic heterocycles. The van der Waals surface area contributed by atoms with Gasteiger partial charge in [0.1, 0.15) is 5.75 Å². The lowest BCUT2D eigenvalue weighted by molar-refractivity contribution is 0.0920. The molecule has 0 radical (unpaired) electrons. The van der Waals surface area contributed by atoms with Crippen LogP contribution >= 0.6 is 15.9 Å². The van der Waals surface area contributed by atoms with Crippen molar-refractivity contribution in [1.82, 2.24) is 0 Å². The highest BCUT2D eigenvalue weighted by molar-refractivity contribution is 9.10. The van der Waals surface area contributed by atoms with Crippen LogP contribution in [0.15, 0.2) is 40.9 Å². The number of benzene rings is 2. The van der Waals surface area contributed by atoms with Gasteiger partial charge in [-0.05, 0) is 38.0 Å². The van der Waals surface area contributed by atoms with Gasteiger partial charge in [0.25, 0.3) is 0 Å². The van der Waals surface area contributed by atoms with Crippen molar-refractivity contribution in [3.8, 4) is 5.75 Å². The third-order valence-electron chi connectivity index (χ3n) is 3.13. The van der Waals surface area contributed by atoms with Crippen molar-refractivity contribution in [2.45, 2.75) is 20.8 Å². The minimum absolute atomic E-state index is 0.0307. The molecule has 0 amide bonds. The molecule has 0 heterocycles. The number of rotatable bonds is 4. The lowest BCUT2D eigenvalue weighted by atomic mass is 10.1. The van der Waals surface area contributed by atoms with Crippen molar-refractivity contribution in [2.24, 2.45) is 0 Å². The first-order valence-corrected chi connectivity index (χ1v) is 7.26. The molecule has 0 atom stereocenters. The van der Waals surface area contributed by atoms with Gasteiger partial charge in [-0.1, -0.05) is 51.8 Å². The summed E-state index contributed by atoms with van der Waals surface area (Å²) in [6.45, 7) is 6.10. The summed E-state index contributed by atoms with van der Waals surface area (Å²) in [5.74, 6) is 0.771. The van der Waals surface area contributed by atoms with Gasteiger partial charge in [0, 0.05) is 10.0 Å². The van der Waals surface area contributed by atoms with Crippen LogP contribution in [0.1, 0.15) is 27.0 Å². The van der Waals surface area contributed by atoms with Crippen LogP contribution in [0, 0.1) is 20.8 Å². The van der Waals surface area contributed by atoms with Crippen LogP contribution in [-0.2, 0) is 0 Å². The monoisotopic (exact) mass is 332 g/mol. The van der Waals surface area contributed by atoms with Gasteiger partial charge >= 0.3 is 0 Å². The minimum atomic E-state index is -0.0307. The van der Waals surface area contributed by atoms with E-state index in [4.69, 9.17) is 4.74 Å². The Balaban J connectivity index is 2.14. The maximum atomic E-state index is 12.2. The number of halogens is 1. The largest absolute Gasteiger partial charge is 0.485 e. The van der Waals surface area contributed by atoms with Gasteiger partial charge in [-0.25, -0.2) is 0 Å². The molecule has 2 aromatic rings. The van der Waals surface area contributed by atoms with E-state index in [2.05, 4.69) is 35.0 Å². The summed E-state index contributed by atoms with van der Waals surface area (Å²) in [6.07, 6.45) is 0. The molecule has 104 valence electrons. The Bertz CT molecular complexity index is 624.